The number of carbonyl (C=O) groups is 2. The number of sulfonamides is 1. The topological polar surface area (TPSA) is 161 Å². The van der Waals surface area contributed by atoms with Crippen LogP contribution in [0.2, 0.25) is 0 Å². The Balaban J connectivity index is 0.916. The minimum absolute atomic E-state index is 0.0733. The van der Waals surface area contributed by atoms with E-state index in [4.69, 9.17) is 0 Å². The van der Waals surface area contributed by atoms with E-state index < -0.39 is 27.6 Å². The number of nitrogens with zero attached hydrogens (tertiary/aromatic N) is 5. The number of hydrogen-bond acceptors (Lipinski definition) is 10. The number of anilines is 2. The maximum atomic E-state index is 13.1. The molecule has 0 aliphatic carbocycles. The maximum Gasteiger partial charge on any atom is 0.269 e. The summed E-state index contributed by atoms with van der Waals surface area (Å²) in [6, 6.07) is 8.96. The molecule has 13 nitrogen and oxygen atoms in total. The van der Waals surface area contributed by atoms with E-state index in [9.17, 15) is 31.6 Å². The number of pyridine rings is 1. The summed E-state index contributed by atoms with van der Waals surface area (Å²) < 4.78 is 53.7. The largest absolute Gasteiger partial charge is 0.369 e. The van der Waals surface area contributed by atoms with Crippen LogP contribution in [-0.2, 0) is 19.6 Å². The van der Waals surface area contributed by atoms with Crippen LogP contribution in [0.3, 0.4) is 0 Å². The van der Waals surface area contributed by atoms with Crippen LogP contribution < -0.4 is 21.1 Å². The summed E-state index contributed by atoms with van der Waals surface area (Å²) in [4.78, 5) is 50.9. The molecule has 1 unspecified atom stereocenters. The number of amides is 2. The molecule has 1 aromatic carbocycles. The molecule has 252 valence electrons. The van der Waals surface area contributed by atoms with Crippen LogP contribution in [0, 0.1) is 0 Å². The van der Waals surface area contributed by atoms with Crippen molar-refractivity contribution in [3.63, 3.8) is 0 Å². The van der Waals surface area contributed by atoms with E-state index in [0.717, 1.165) is 43.5 Å². The van der Waals surface area contributed by atoms with Crippen molar-refractivity contribution in [1.29, 1.82) is 0 Å². The number of rotatable bonds is 10. The van der Waals surface area contributed by atoms with Crippen molar-refractivity contribution >= 4 is 44.5 Å². The number of benzene rings is 1. The quantitative estimate of drug-likeness (QED) is 0.273. The maximum absolute atomic E-state index is 13.1. The Morgan fingerprint density at radius 3 is 2.38 bits per heavy atom. The van der Waals surface area contributed by atoms with Crippen LogP contribution in [0.5, 0.6) is 0 Å². The fourth-order valence-corrected chi connectivity index (χ4v) is 7.98. The highest BCUT2D eigenvalue weighted by Gasteiger charge is 2.30. The minimum Gasteiger partial charge on any atom is -0.369 e. The summed E-state index contributed by atoms with van der Waals surface area (Å²) >= 11 is 0. The highest BCUT2D eigenvalue weighted by atomic mass is 32.2. The third-order valence-electron chi connectivity index (χ3n) is 9.19. The van der Waals surface area contributed by atoms with Crippen molar-refractivity contribution in [2.24, 2.45) is 0 Å². The predicted octanol–water partition coefficient (Wildman–Crippen LogP) is 2.19. The normalized spacial score (nSPS) is 20.6. The van der Waals surface area contributed by atoms with E-state index in [1.165, 1.54) is 10.5 Å². The van der Waals surface area contributed by atoms with Gasteiger partial charge in [0.15, 0.2) is 0 Å². The third-order valence-corrected chi connectivity index (χ3v) is 11.1. The van der Waals surface area contributed by atoms with Gasteiger partial charge in [-0.25, -0.2) is 26.5 Å². The molecule has 3 aromatic rings. The first-order chi connectivity index (χ1) is 22.6. The molecule has 2 amide bonds. The van der Waals surface area contributed by atoms with Crippen molar-refractivity contribution in [2.45, 2.75) is 50.5 Å². The average molecular weight is 673 g/mol. The Labute approximate surface area is 270 Å². The van der Waals surface area contributed by atoms with Gasteiger partial charge in [0.2, 0.25) is 27.8 Å². The number of nitrogens with one attached hydrogen (secondary N) is 3. The van der Waals surface area contributed by atoms with Crippen molar-refractivity contribution in [3.8, 4) is 0 Å². The second-order valence-electron chi connectivity index (χ2n) is 12.3. The molecule has 47 heavy (non-hydrogen) atoms. The first-order valence-electron chi connectivity index (χ1n) is 15.9. The number of imide groups is 1. The van der Waals surface area contributed by atoms with Crippen molar-refractivity contribution < 1.29 is 26.8 Å². The van der Waals surface area contributed by atoms with Crippen LogP contribution in [0.1, 0.15) is 55.6 Å². The van der Waals surface area contributed by atoms with E-state index in [1.807, 2.05) is 24.3 Å². The average Bonchev–Trinajstić information content (AvgIpc) is 3.05. The van der Waals surface area contributed by atoms with Gasteiger partial charge < -0.3 is 15.2 Å². The lowest BCUT2D eigenvalue weighted by molar-refractivity contribution is -0.134. The molecule has 16 heteroatoms. The van der Waals surface area contributed by atoms with E-state index in [2.05, 4.69) is 35.4 Å². The molecule has 0 radical (unpaired) electrons. The lowest BCUT2D eigenvalue weighted by Crippen LogP contribution is -2.47. The highest BCUT2D eigenvalue weighted by Crippen LogP contribution is 2.27. The van der Waals surface area contributed by atoms with Crippen LogP contribution in [0.25, 0.3) is 11.0 Å². The highest BCUT2D eigenvalue weighted by molar-refractivity contribution is 7.89. The number of hydrogen-bond donors (Lipinski definition) is 3. The summed E-state index contributed by atoms with van der Waals surface area (Å²) in [6.07, 6.45) is 0.993. The molecule has 3 saturated heterocycles. The van der Waals surface area contributed by atoms with Crippen LogP contribution in [0.4, 0.5) is 20.4 Å². The molecule has 6 rings (SSSR count). The zero-order valence-electron chi connectivity index (χ0n) is 25.8. The van der Waals surface area contributed by atoms with Gasteiger partial charge in [-0.2, -0.15) is 4.98 Å². The smallest absolute Gasteiger partial charge is 0.269 e. The van der Waals surface area contributed by atoms with Gasteiger partial charge in [0.25, 0.3) is 12.0 Å². The van der Waals surface area contributed by atoms with Crippen LogP contribution in [0.15, 0.2) is 41.3 Å². The zero-order chi connectivity index (χ0) is 33.1. The molecule has 2 aromatic heterocycles. The Morgan fingerprint density at radius 1 is 0.979 bits per heavy atom. The molecule has 0 bridgehead atoms. The molecule has 5 heterocycles. The summed E-state index contributed by atoms with van der Waals surface area (Å²) in [7, 11) is -3.41. The van der Waals surface area contributed by atoms with Gasteiger partial charge >= 0.3 is 0 Å². The lowest BCUT2D eigenvalue weighted by atomic mass is 9.90. The Kier molecular flexibility index (Phi) is 9.80. The summed E-state index contributed by atoms with van der Waals surface area (Å²) in [6.45, 7) is 4.71. The SMILES string of the molecule is O=C1CCC(c2ccc(N3CCN(CCCS(=O)(=O)N4CCC(Nc5ncc6cc(C(F)F)c(=O)[nH]c6n5)CC4)CC3)cc2)C(=O)N1. The number of fused-ring (bicyclic) bond motifs is 1. The number of piperidine rings is 2. The number of aromatic amines is 1. The Bertz CT molecular complexity index is 1770. The van der Waals surface area contributed by atoms with Gasteiger partial charge in [-0.05, 0) is 56.0 Å². The van der Waals surface area contributed by atoms with Crippen LogP contribution in [-0.4, -0.2) is 102 Å². The molecule has 3 aliphatic heterocycles. The van der Waals surface area contributed by atoms with E-state index in [-0.39, 0.29) is 41.1 Å². The molecule has 3 fully saturated rings. The number of alkyl halides is 2. The van der Waals surface area contributed by atoms with E-state index in [0.29, 0.717) is 57.1 Å². The molecule has 3 N–H and O–H groups in total. The van der Waals surface area contributed by atoms with Gasteiger partial charge in [0, 0.05) is 69.0 Å². The molecular formula is C31H38F2N8O5S. The first-order valence-corrected chi connectivity index (χ1v) is 17.5. The Hall–Kier alpha value is -4.02. The zero-order valence-corrected chi connectivity index (χ0v) is 26.6. The second kappa shape index (κ2) is 14.0. The monoisotopic (exact) mass is 672 g/mol. The van der Waals surface area contributed by atoms with Gasteiger partial charge in [-0.1, -0.05) is 12.1 Å². The standard InChI is InChI=1S/C31H38F2N8O5S/c32-27(33)25-18-21-19-34-31(38-28(21)37-30(25)44)35-22-8-11-41(12-9-22)47(45,46)17-1-10-39-13-15-40(16-14-39)23-4-2-20(3-5-23)24-6-7-26(42)36-29(24)43/h2-5,18-19,22,24,27H,1,6-17H2,(H,36,42,43)(H2,34,35,37,38,44). The van der Waals surface area contributed by atoms with Crippen molar-refractivity contribution in [2.75, 3.05) is 61.8 Å². The predicted molar refractivity (Wildman–Crippen MR) is 172 cm³/mol. The summed E-state index contributed by atoms with van der Waals surface area (Å²) in [5.41, 5.74) is 0.607. The first kappa shape index (κ1) is 32.9. The number of H-pyrrole nitrogens is 1. The molecule has 1 atom stereocenters. The van der Waals surface area contributed by atoms with E-state index in [1.54, 1.807) is 0 Å². The fraction of sp³-hybridized carbons (Fsp3) is 0.516. The molecule has 0 spiro atoms. The molecule has 0 saturated carbocycles. The molecule has 3 aliphatic rings. The number of halogens is 2. The summed E-state index contributed by atoms with van der Waals surface area (Å²) in [5.74, 6) is -0.443. The number of piperazine rings is 1. The van der Waals surface area contributed by atoms with E-state index >= 15 is 0 Å². The number of aromatic nitrogens is 3. The molecular weight excluding hydrogens is 634 g/mol. The third kappa shape index (κ3) is 7.76. The van der Waals surface area contributed by atoms with Gasteiger partial charge in [0.1, 0.15) is 5.65 Å². The van der Waals surface area contributed by atoms with Crippen LogP contribution >= 0.6 is 0 Å². The second-order valence-corrected chi connectivity index (χ2v) is 14.4. The van der Waals surface area contributed by atoms with Gasteiger partial charge in [-0.3, -0.25) is 24.6 Å². The van der Waals surface area contributed by atoms with Crippen molar-refractivity contribution in [3.05, 3.63) is 58.0 Å². The summed E-state index contributed by atoms with van der Waals surface area (Å²) in [5, 5.41) is 5.88. The number of carbonyl (C=O) groups excluding carboxylic acids is 2. The lowest BCUT2D eigenvalue weighted by Gasteiger charge is -2.36. The van der Waals surface area contributed by atoms with Gasteiger partial charge in [0.05, 0.1) is 17.2 Å². The van der Waals surface area contributed by atoms with Crippen molar-refractivity contribution in [1.82, 2.24) is 29.5 Å². The Morgan fingerprint density at radius 2 is 1.70 bits per heavy atom. The van der Waals surface area contributed by atoms with Gasteiger partial charge in [-0.15, -0.1) is 0 Å². The minimum atomic E-state index is -3.41. The fourth-order valence-electron chi connectivity index (χ4n) is 6.46.